The smallest absolute Gasteiger partial charge is 0.231 e. The quantitative estimate of drug-likeness (QED) is 0.715. The molecule has 0 saturated carbocycles. The number of carbonyl (C=O) groups excluding carboxylic acids is 1. The van der Waals surface area contributed by atoms with Gasteiger partial charge in [-0.15, -0.1) is 0 Å². The summed E-state index contributed by atoms with van der Waals surface area (Å²) in [5.41, 5.74) is 1.13. The first-order valence-corrected chi connectivity index (χ1v) is 11.8. The van der Waals surface area contributed by atoms with Crippen LogP contribution in [-0.4, -0.2) is 38.5 Å². The molecule has 1 amide bonds. The van der Waals surface area contributed by atoms with Gasteiger partial charge in [-0.05, 0) is 42.7 Å². The van der Waals surface area contributed by atoms with E-state index < -0.39 is 10.0 Å². The summed E-state index contributed by atoms with van der Waals surface area (Å²) in [7, 11) is -3.54. The molecule has 160 valence electrons. The zero-order valence-electron chi connectivity index (χ0n) is 15.9. The monoisotopic (exact) mass is 470 g/mol. The van der Waals surface area contributed by atoms with E-state index in [0.717, 1.165) is 0 Å². The first-order chi connectivity index (χ1) is 14.3. The number of carbonyl (C=O) groups is 1. The van der Waals surface area contributed by atoms with Crippen LogP contribution in [0.2, 0.25) is 10.0 Å². The van der Waals surface area contributed by atoms with Gasteiger partial charge < -0.3 is 14.8 Å². The van der Waals surface area contributed by atoms with Gasteiger partial charge in [0, 0.05) is 40.8 Å². The van der Waals surface area contributed by atoms with Gasteiger partial charge in [0.2, 0.25) is 22.7 Å². The number of rotatable bonds is 5. The van der Waals surface area contributed by atoms with Crippen molar-refractivity contribution in [2.45, 2.75) is 18.6 Å². The molecule has 2 aromatic carbocycles. The van der Waals surface area contributed by atoms with Gasteiger partial charge in [0.25, 0.3) is 0 Å². The van der Waals surface area contributed by atoms with Crippen LogP contribution >= 0.6 is 23.2 Å². The number of nitrogens with one attached hydrogen (secondary N) is 1. The van der Waals surface area contributed by atoms with E-state index in [1.807, 2.05) is 0 Å². The van der Waals surface area contributed by atoms with E-state index in [2.05, 4.69) is 5.32 Å². The van der Waals surface area contributed by atoms with Crippen molar-refractivity contribution in [2.24, 2.45) is 5.92 Å². The number of nitrogens with zero attached hydrogens (tertiary/aromatic N) is 1. The van der Waals surface area contributed by atoms with Crippen LogP contribution in [0, 0.1) is 5.92 Å². The predicted octanol–water partition coefficient (Wildman–Crippen LogP) is 3.90. The molecule has 1 fully saturated rings. The van der Waals surface area contributed by atoms with Crippen LogP contribution in [0.25, 0.3) is 0 Å². The van der Waals surface area contributed by atoms with Crippen molar-refractivity contribution in [3.05, 3.63) is 52.0 Å². The number of hydrogen-bond donors (Lipinski definition) is 1. The second kappa shape index (κ2) is 8.63. The molecular formula is C20H20Cl2N2O5S. The lowest BCUT2D eigenvalue weighted by atomic mass is 9.97. The van der Waals surface area contributed by atoms with Crippen LogP contribution in [0.4, 0.5) is 5.69 Å². The highest BCUT2D eigenvalue weighted by atomic mass is 35.5. The van der Waals surface area contributed by atoms with Gasteiger partial charge >= 0.3 is 0 Å². The van der Waals surface area contributed by atoms with Gasteiger partial charge in [0.05, 0.1) is 5.75 Å². The molecule has 0 unspecified atom stereocenters. The molecule has 1 saturated heterocycles. The molecule has 0 bridgehead atoms. The summed E-state index contributed by atoms with van der Waals surface area (Å²) in [5.74, 6) is 0.645. The van der Waals surface area contributed by atoms with E-state index >= 15 is 0 Å². The lowest BCUT2D eigenvalue weighted by Crippen LogP contribution is -2.41. The molecule has 0 atom stereocenters. The highest BCUT2D eigenvalue weighted by Gasteiger charge is 2.31. The van der Waals surface area contributed by atoms with Gasteiger partial charge in [0.15, 0.2) is 11.5 Å². The Bertz CT molecular complexity index is 1070. The number of ether oxygens (including phenoxy) is 2. The lowest BCUT2D eigenvalue weighted by Gasteiger charge is -2.30. The lowest BCUT2D eigenvalue weighted by molar-refractivity contribution is -0.120. The fourth-order valence-electron chi connectivity index (χ4n) is 3.54. The molecule has 2 aromatic rings. The van der Waals surface area contributed by atoms with Crippen LogP contribution in [0.15, 0.2) is 36.4 Å². The maximum atomic E-state index is 12.8. The number of amides is 1. The Morgan fingerprint density at radius 3 is 2.53 bits per heavy atom. The molecule has 1 N–H and O–H groups in total. The average molecular weight is 471 g/mol. The van der Waals surface area contributed by atoms with Crippen molar-refractivity contribution < 1.29 is 22.7 Å². The molecule has 0 aromatic heterocycles. The summed E-state index contributed by atoms with van der Waals surface area (Å²) in [6, 6.07) is 9.98. The fourth-order valence-corrected chi connectivity index (χ4v) is 5.69. The van der Waals surface area contributed by atoms with Crippen molar-refractivity contribution in [3.8, 4) is 11.5 Å². The van der Waals surface area contributed by atoms with Gasteiger partial charge in [-0.1, -0.05) is 29.3 Å². The minimum atomic E-state index is -3.54. The Hall–Kier alpha value is -2.00. The van der Waals surface area contributed by atoms with Crippen molar-refractivity contribution in [1.82, 2.24) is 4.31 Å². The highest BCUT2D eigenvalue weighted by Crippen LogP contribution is 2.34. The molecule has 4 rings (SSSR count). The molecule has 0 aliphatic carbocycles. The molecule has 30 heavy (non-hydrogen) atoms. The Morgan fingerprint density at radius 2 is 1.80 bits per heavy atom. The van der Waals surface area contributed by atoms with Gasteiger partial charge in [-0.25, -0.2) is 12.7 Å². The number of benzene rings is 2. The zero-order valence-corrected chi connectivity index (χ0v) is 18.3. The maximum Gasteiger partial charge on any atom is 0.231 e. The van der Waals surface area contributed by atoms with Crippen LogP contribution in [0.3, 0.4) is 0 Å². The number of piperidine rings is 1. The number of halogens is 2. The van der Waals surface area contributed by atoms with E-state index in [1.165, 1.54) is 10.4 Å². The summed E-state index contributed by atoms with van der Waals surface area (Å²) in [6.07, 6.45) is 0.897. The van der Waals surface area contributed by atoms with Gasteiger partial charge in [-0.3, -0.25) is 4.79 Å². The second-order valence-electron chi connectivity index (χ2n) is 7.22. The molecule has 7 nitrogen and oxygen atoms in total. The maximum absolute atomic E-state index is 12.8. The summed E-state index contributed by atoms with van der Waals surface area (Å²) in [5, 5.41) is 3.65. The Labute approximate surface area is 184 Å². The second-order valence-corrected chi connectivity index (χ2v) is 10.0. The Kier molecular flexibility index (Phi) is 6.11. The predicted molar refractivity (Wildman–Crippen MR) is 115 cm³/mol. The standard InChI is InChI=1S/C20H20Cl2N2O5S/c21-15-2-1-14(17(22)9-15)11-30(26,27)24-7-5-13(6-8-24)20(25)23-16-3-4-18-19(10-16)29-12-28-18/h1-4,9-10,13H,5-8,11-12H2,(H,23,25). The SMILES string of the molecule is O=C(Nc1ccc2c(c1)OCO2)C1CCN(S(=O)(=O)Cc2ccc(Cl)cc2Cl)CC1. The summed E-state index contributed by atoms with van der Waals surface area (Å²) in [4.78, 5) is 12.6. The molecule has 0 spiro atoms. The molecule has 2 aliphatic rings. The van der Waals surface area contributed by atoms with E-state index in [-0.39, 0.29) is 37.5 Å². The highest BCUT2D eigenvalue weighted by molar-refractivity contribution is 7.88. The van der Waals surface area contributed by atoms with Gasteiger partial charge in [0.1, 0.15) is 0 Å². The largest absolute Gasteiger partial charge is 0.454 e. The summed E-state index contributed by atoms with van der Waals surface area (Å²) >= 11 is 12.0. The number of sulfonamides is 1. The first-order valence-electron chi connectivity index (χ1n) is 9.44. The normalized spacial score (nSPS) is 17.1. The first kappa shape index (κ1) is 21.2. The number of anilines is 1. The van der Waals surface area contributed by atoms with Crippen molar-refractivity contribution in [1.29, 1.82) is 0 Å². The molecular weight excluding hydrogens is 451 g/mol. The third kappa shape index (κ3) is 4.67. The van der Waals surface area contributed by atoms with E-state index in [0.29, 0.717) is 45.6 Å². The van der Waals surface area contributed by atoms with Gasteiger partial charge in [-0.2, -0.15) is 0 Å². The van der Waals surface area contributed by atoms with Crippen LogP contribution in [0.1, 0.15) is 18.4 Å². The van der Waals surface area contributed by atoms with Crippen LogP contribution in [0.5, 0.6) is 11.5 Å². The van der Waals surface area contributed by atoms with E-state index in [9.17, 15) is 13.2 Å². The minimum absolute atomic E-state index is 0.133. The van der Waals surface area contributed by atoms with Crippen LogP contribution in [-0.2, 0) is 20.6 Å². The number of hydrogen-bond acceptors (Lipinski definition) is 5. The zero-order chi connectivity index (χ0) is 21.3. The third-order valence-corrected chi connectivity index (χ3v) is 7.63. The average Bonchev–Trinajstić information content (AvgIpc) is 3.18. The summed E-state index contributed by atoms with van der Waals surface area (Å²) in [6.45, 7) is 0.737. The van der Waals surface area contributed by atoms with E-state index in [4.69, 9.17) is 32.7 Å². The molecule has 2 heterocycles. The van der Waals surface area contributed by atoms with Crippen molar-refractivity contribution in [3.63, 3.8) is 0 Å². The van der Waals surface area contributed by atoms with E-state index in [1.54, 1.807) is 30.3 Å². The Balaban J connectivity index is 1.34. The number of fused-ring (bicyclic) bond motifs is 1. The summed E-state index contributed by atoms with van der Waals surface area (Å²) < 4.78 is 37.6. The molecule has 0 radical (unpaired) electrons. The third-order valence-electron chi connectivity index (χ3n) is 5.21. The van der Waals surface area contributed by atoms with Crippen LogP contribution < -0.4 is 14.8 Å². The van der Waals surface area contributed by atoms with Crippen molar-refractivity contribution in [2.75, 3.05) is 25.2 Å². The molecule has 2 aliphatic heterocycles. The minimum Gasteiger partial charge on any atom is -0.454 e. The fraction of sp³-hybridized carbons (Fsp3) is 0.350. The van der Waals surface area contributed by atoms with Crippen molar-refractivity contribution >= 4 is 44.8 Å². The molecule has 10 heteroatoms. The topological polar surface area (TPSA) is 84.9 Å². The Morgan fingerprint density at radius 1 is 1.07 bits per heavy atom.